The maximum atomic E-state index is 6.05. The summed E-state index contributed by atoms with van der Waals surface area (Å²) in [6.45, 7) is 6.85. The molecule has 2 aromatic heterocycles. The zero-order valence-corrected chi connectivity index (χ0v) is 12.8. The summed E-state index contributed by atoms with van der Waals surface area (Å²) < 4.78 is 11.3. The van der Waals surface area contributed by atoms with Gasteiger partial charge < -0.3 is 15.0 Å². The first-order valence-corrected chi connectivity index (χ1v) is 7.67. The number of hydrogen-bond acceptors (Lipinski definition) is 6. The van der Waals surface area contributed by atoms with Crippen LogP contribution in [0.25, 0.3) is 11.5 Å². The number of hydrogen-bond donors (Lipinski definition) is 1. The fourth-order valence-electron chi connectivity index (χ4n) is 2.57. The van der Waals surface area contributed by atoms with Crippen LogP contribution in [0.2, 0.25) is 0 Å². The van der Waals surface area contributed by atoms with Crippen molar-refractivity contribution in [3.63, 3.8) is 0 Å². The monoisotopic (exact) mass is 293 g/mol. The second kappa shape index (κ2) is 4.86. The molecule has 0 aromatic carbocycles. The summed E-state index contributed by atoms with van der Waals surface area (Å²) in [4.78, 5) is 5.71. The van der Waals surface area contributed by atoms with Gasteiger partial charge in [-0.2, -0.15) is 4.98 Å². The van der Waals surface area contributed by atoms with E-state index in [1.807, 2.05) is 20.8 Å². The average molecular weight is 293 g/mol. The summed E-state index contributed by atoms with van der Waals surface area (Å²) >= 11 is 1.55. The molecule has 0 bridgehead atoms. The van der Waals surface area contributed by atoms with Crippen molar-refractivity contribution < 1.29 is 9.26 Å². The van der Waals surface area contributed by atoms with E-state index in [9.17, 15) is 0 Å². The molecule has 0 spiro atoms. The lowest BCUT2D eigenvalue weighted by Gasteiger charge is -2.30. The predicted octanol–water partition coefficient (Wildman–Crippen LogP) is 3.41. The fraction of sp³-hybridized carbons (Fsp3) is 0.571. The molecule has 1 unspecified atom stereocenters. The summed E-state index contributed by atoms with van der Waals surface area (Å²) in [6, 6.07) is 0. The van der Waals surface area contributed by atoms with Crippen molar-refractivity contribution in [2.24, 2.45) is 0 Å². The Labute approximate surface area is 122 Å². The van der Waals surface area contributed by atoms with Crippen molar-refractivity contribution in [1.29, 1.82) is 0 Å². The summed E-state index contributed by atoms with van der Waals surface area (Å²) in [5.41, 5.74) is 7.59. The Bertz CT molecular complexity index is 626. The van der Waals surface area contributed by atoms with Crippen LogP contribution < -0.4 is 5.73 Å². The molecule has 20 heavy (non-hydrogen) atoms. The van der Waals surface area contributed by atoms with Gasteiger partial charge in [0.1, 0.15) is 5.60 Å². The number of nitrogens with two attached hydrogens (primary N) is 1. The Kier molecular flexibility index (Phi) is 3.30. The predicted molar refractivity (Wildman–Crippen MR) is 78.7 cm³/mol. The van der Waals surface area contributed by atoms with E-state index in [4.69, 9.17) is 15.0 Å². The lowest BCUT2D eigenvalue weighted by molar-refractivity contribution is -0.0770. The van der Waals surface area contributed by atoms with Crippen LogP contribution in [-0.4, -0.2) is 16.7 Å². The smallest absolute Gasteiger partial charge is 0.261 e. The second-order valence-corrected chi connectivity index (χ2v) is 6.74. The zero-order chi connectivity index (χ0) is 14.3. The number of aromatic nitrogens is 2. The molecule has 3 rings (SSSR count). The molecule has 108 valence electrons. The van der Waals surface area contributed by atoms with Crippen LogP contribution in [0.4, 0.5) is 5.00 Å². The first-order chi connectivity index (χ1) is 9.51. The van der Waals surface area contributed by atoms with Gasteiger partial charge in [-0.3, -0.25) is 0 Å². The average Bonchev–Trinajstić information content (AvgIpc) is 2.97. The van der Waals surface area contributed by atoms with Gasteiger partial charge in [0.15, 0.2) is 0 Å². The SMILES string of the molecule is Cc1sc(N)c(-c2nc(C3(C)CCCCO3)no2)c1C. The first-order valence-electron chi connectivity index (χ1n) is 6.85. The molecule has 2 N–H and O–H groups in total. The van der Waals surface area contributed by atoms with Crippen molar-refractivity contribution in [2.45, 2.75) is 45.6 Å². The van der Waals surface area contributed by atoms with E-state index in [0.717, 1.165) is 42.0 Å². The molecule has 5 nitrogen and oxygen atoms in total. The number of ether oxygens (including phenoxy) is 1. The molecule has 3 heterocycles. The van der Waals surface area contributed by atoms with Crippen LogP contribution in [0.3, 0.4) is 0 Å². The quantitative estimate of drug-likeness (QED) is 0.918. The molecule has 1 aliphatic rings. The van der Waals surface area contributed by atoms with Crippen molar-refractivity contribution in [3.05, 3.63) is 16.3 Å². The van der Waals surface area contributed by atoms with Gasteiger partial charge in [-0.25, -0.2) is 0 Å². The van der Waals surface area contributed by atoms with Crippen molar-refractivity contribution in [3.8, 4) is 11.5 Å². The standard InChI is InChI=1S/C14H19N3O2S/c1-8-9(2)20-11(15)10(8)12-16-13(17-19-12)14(3)6-4-5-7-18-14/h4-7,15H2,1-3H3. The van der Waals surface area contributed by atoms with E-state index in [2.05, 4.69) is 10.1 Å². The van der Waals surface area contributed by atoms with Gasteiger partial charge >= 0.3 is 0 Å². The lowest BCUT2D eigenvalue weighted by Crippen LogP contribution is -2.31. The Morgan fingerprint density at radius 1 is 1.30 bits per heavy atom. The van der Waals surface area contributed by atoms with Crippen LogP contribution in [0.1, 0.15) is 42.5 Å². The molecule has 0 saturated carbocycles. The second-order valence-electron chi connectivity index (χ2n) is 5.48. The van der Waals surface area contributed by atoms with Crippen LogP contribution in [0.15, 0.2) is 4.52 Å². The number of nitrogen functional groups attached to an aromatic ring is 1. The number of anilines is 1. The van der Waals surface area contributed by atoms with Crippen molar-refractivity contribution >= 4 is 16.3 Å². The van der Waals surface area contributed by atoms with Crippen LogP contribution >= 0.6 is 11.3 Å². The fourth-order valence-corrected chi connectivity index (χ4v) is 3.50. The normalized spacial score (nSPS) is 23.1. The zero-order valence-electron chi connectivity index (χ0n) is 12.0. The minimum absolute atomic E-state index is 0.437. The molecule has 2 aromatic rings. The molecular formula is C14H19N3O2S. The Morgan fingerprint density at radius 3 is 2.70 bits per heavy atom. The molecule has 6 heteroatoms. The van der Waals surface area contributed by atoms with Gasteiger partial charge in [0.25, 0.3) is 5.89 Å². The van der Waals surface area contributed by atoms with Gasteiger partial charge in [0, 0.05) is 11.5 Å². The van der Waals surface area contributed by atoms with Crippen LogP contribution in [0.5, 0.6) is 0 Å². The third-order valence-electron chi connectivity index (χ3n) is 3.99. The maximum absolute atomic E-state index is 6.05. The number of nitrogens with zero attached hydrogens (tertiary/aromatic N) is 2. The van der Waals surface area contributed by atoms with Gasteiger partial charge in [-0.15, -0.1) is 11.3 Å². The largest absolute Gasteiger partial charge is 0.390 e. The van der Waals surface area contributed by atoms with Crippen LogP contribution in [0, 0.1) is 13.8 Å². The van der Waals surface area contributed by atoms with E-state index in [1.54, 1.807) is 11.3 Å². The summed E-state index contributed by atoms with van der Waals surface area (Å²) in [7, 11) is 0. The highest BCUT2D eigenvalue weighted by Gasteiger charge is 2.35. The summed E-state index contributed by atoms with van der Waals surface area (Å²) in [5, 5.41) is 4.84. The van der Waals surface area contributed by atoms with E-state index < -0.39 is 5.60 Å². The van der Waals surface area contributed by atoms with Gasteiger partial charge in [-0.05, 0) is 45.6 Å². The highest BCUT2D eigenvalue weighted by atomic mass is 32.1. The number of aryl methyl sites for hydroxylation is 1. The highest BCUT2D eigenvalue weighted by molar-refractivity contribution is 7.16. The van der Waals surface area contributed by atoms with Crippen molar-refractivity contribution in [1.82, 2.24) is 10.1 Å². The Morgan fingerprint density at radius 2 is 2.10 bits per heavy atom. The van der Waals surface area contributed by atoms with Gasteiger partial charge in [-0.1, -0.05) is 5.16 Å². The molecule has 0 amide bonds. The Balaban J connectivity index is 1.98. The lowest BCUT2D eigenvalue weighted by atomic mass is 9.95. The molecule has 1 atom stereocenters. The van der Waals surface area contributed by atoms with Crippen molar-refractivity contribution in [2.75, 3.05) is 12.3 Å². The molecule has 0 radical (unpaired) electrons. The number of rotatable bonds is 2. The molecule has 1 saturated heterocycles. The van der Waals surface area contributed by atoms with E-state index >= 15 is 0 Å². The first kappa shape index (κ1) is 13.6. The molecular weight excluding hydrogens is 274 g/mol. The highest BCUT2D eigenvalue weighted by Crippen LogP contribution is 2.39. The maximum Gasteiger partial charge on any atom is 0.261 e. The molecule has 1 fully saturated rings. The minimum Gasteiger partial charge on any atom is -0.390 e. The van der Waals surface area contributed by atoms with E-state index in [0.29, 0.717) is 11.7 Å². The van der Waals surface area contributed by atoms with E-state index in [1.165, 1.54) is 4.88 Å². The minimum atomic E-state index is -0.437. The van der Waals surface area contributed by atoms with E-state index in [-0.39, 0.29) is 0 Å². The topological polar surface area (TPSA) is 74.2 Å². The third kappa shape index (κ3) is 2.13. The van der Waals surface area contributed by atoms with Gasteiger partial charge in [0.2, 0.25) is 5.82 Å². The Hall–Kier alpha value is -1.40. The molecule has 1 aliphatic heterocycles. The van der Waals surface area contributed by atoms with Crippen LogP contribution in [-0.2, 0) is 10.3 Å². The summed E-state index contributed by atoms with van der Waals surface area (Å²) in [5.74, 6) is 1.12. The summed E-state index contributed by atoms with van der Waals surface area (Å²) in [6.07, 6.45) is 3.14. The third-order valence-corrected chi connectivity index (χ3v) is 5.03. The van der Waals surface area contributed by atoms with Gasteiger partial charge in [0.05, 0.1) is 10.6 Å². The number of thiophene rings is 1. The molecule has 0 aliphatic carbocycles.